The van der Waals surface area contributed by atoms with E-state index in [0.717, 1.165) is 11.4 Å². The van der Waals surface area contributed by atoms with Gasteiger partial charge in [0.1, 0.15) is 10.6 Å². The van der Waals surface area contributed by atoms with Gasteiger partial charge in [0.15, 0.2) is 0 Å². The van der Waals surface area contributed by atoms with Gasteiger partial charge in [-0.25, -0.2) is 8.42 Å². The number of carbonyl (C=O) groups excluding carboxylic acids is 1. The largest absolute Gasteiger partial charge is 0.494 e. The number of nitrogens with zero attached hydrogens (tertiary/aromatic N) is 4. The van der Waals surface area contributed by atoms with Gasteiger partial charge in [-0.1, -0.05) is 24.3 Å². The molecule has 10 heteroatoms. The maximum absolute atomic E-state index is 13.1. The smallest absolute Gasteiger partial charge is 0.264 e. The molecule has 0 aliphatic carbocycles. The van der Waals surface area contributed by atoms with Crippen molar-refractivity contribution in [2.24, 2.45) is 4.99 Å². The zero-order valence-corrected chi connectivity index (χ0v) is 21.6. The molecule has 37 heavy (non-hydrogen) atoms. The Hall–Kier alpha value is -4.18. The second-order valence-corrected chi connectivity index (χ2v) is 10.0. The first-order chi connectivity index (χ1) is 17.9. The Labute approximate surface area is 217 Å². The molecule has 192 valence electrons. The van der Waals surface area contributed by atoms with Crippen molar-refractivity contribution in [1.29, 1.82) is 0 Å². The molecule has 3 aromatic rings. The van der Waals surface area contributed by atoms with Crippen molar-refractivity contribution in [3.8, 4) is 5.75 Å². The predicted molar refractivity (Wildman–Crippen MR) is 147 cm³/mol. The maximum atomic E-state index is 13.1. The number of aliphatic imine (C=N–C) groups is 1. The molecule has 0 bridgehead atoms. The van der Waals surface area contributed by atoms with E-state index >= 15 is 0 Å². The summed E-state index contributed by atoms with van der Waals surface area (Å²) in [4.78, 5) is 25.1. The lowest BCUT2D eigenvalue weighted by molar-refractivity contribution is 0.0746. The Morgan fingerprint density at radius 3 is 2.49 bits per heavy atom. The number of anilines is 2. The first-order valence-electron chi connectivity index (χ1n) is 11.8. The van der Waals surface area contributed by atoms with E-state index in [1.807, 2.05) is 13.0 Å². The van der Waals surface area contributed by atoms with E-state index < -0.39 is 10.0 Å². The number of hydrogen-bond acceptors (Lipinski definition) is 7. The molecular weight excluding hydrogens is 490 g/mol. The standard InChI is InChI=1S/C27H29N5O4S/c1-4-6-20-7-5-8-25(26(20)28-2)37(34,35)30-22-11-9-21(10-12-22)27(33)32-17-15-31(16-18-32)23-19-29-14-13-24(23)36-3/h4-14,19,30H,2,15-18H2,1,3H3/b6-4-. The molecule has 0 saturated carbocycles. The Morgan fingerprint density at radius 2 is 1.84 bits per heavy atom. The molecule has 1 aliphatic heterocycles. The Balaban J connectivity index is 1.43. The van der Waals surface area contributed by atoms with Gasteiger partial charge in [0.2, 0.25) is 0 Å². The molecule has 0 unspecified atom stereocenters. The number of aromatic nitrogens is 1. The fourth-order valence-corrected chi connectivity index (χ4v) is 5.50. The molecule has 1 saturated heterocycles. The van der Waals surface area contributed by atoms with Crippen molar-refractivity contribution in [2.45, 2.75) is 11.8 Å². The third-order valence-electron chi connectivity index (χ3n) is 6.10. The van der Waals surface area contributed by atoms with Crippen molar-refractivity contribution < 1.29 is 17.9 Å². The summed E-state index contributed by atoms with van der Waals surface area (Å²) in [5.74, 6) is 0.641. The summed E-state index contributed by atoms with van der Waals surface area (Å²) < 4.78 is 34.2. The van der Waals surface area contributed by atoms with Gasteiger partial charge in [0.25, 0.3) is 15.9 Å². The average Bonchev–Trinajstić information content (AvgIpc) is 2.93. The third-order valence-corrected chi connectivity index (χ3v) is 7.51. The molecule has 9 nitrogen and oxygen atoms in total. The Kier molecular flexibility index (Phi) is 7.88. The summed E-state index contributed by atoms with van der Waals surface area (Å²) in [5.41, 5.74) is 2.67. The second kappa shape index (κ2) is 11.3. The van der Waals surface area contributed by atoms with E-state index in [1.165, 1.54) is 6.07 Å². The number of carbonyl (C=O) groups is 1. The van der Waals surface area contributed by atoms with Crippen LogP contribution in [0.1, 0.15) is 22.8 Å². The number of allylic oxidation sites excluding steroid dienone is 1. The van der Waals surface area contributed by atoms with Crippen molar-refractivity contribution in [2.75, 3.05) is 42.9 Å². The summed E-state index contributed by atoms with van der Waals surface area (Å²) in [7, 11) is -2.30. The lowest BCUT2D eigenvalue weighted by Gasteiger charge is -2.36. The van der Waals surface area contributed by atoms with Crippen molar-refractivity contribution >= 4 is 45.8 Å². The molecule has 2 heterocycles. The number of nitrogens with one attached hydrogen (secondary N) is 1. The molecule has 1 fully saturated rings. The average molecular weight is 520 g/mol. The van der Waals surface area contributed by atoms with Gasteiger partial charge in [0.05, 0.1) is 24.7 Å². The van der Waals surface area contributed by atoms with Crippen LogP contribution >= 0.6 is 0 Å². The van der Waals surface area contributed by atoms with Crippen LogP contribution in [0, 0.1) is 0 Å². The highest BCUT2D eigenvalue weighted by atomic mass is 32.2. The zero-order valence-electron chi connectivity index (χ0n) is 20.8. The number of piperazine rings is 1. The van der Waals surface area contributed by atoms with Crippen LogP contribution in [0.4, 0.5) is 17.1 Å². The SMILES string of the molecule is C=Nc1c(/C=C\C)cccc1S(=O)(=O)Nc1ccc(C(=O)N2CCN(c3cnccc3OC)CC2)cc1. The second-order valence-electron chi connectivity index (χ2n) is 8.36. The first kappa shape index (κ1) is 25.9. The normalized spacial score (nSPS) is 14.0. The minimum atomic E-state index is -3.92. The summed E-state index contributed by atoms with van der Waals surface area (Å²) in [5, 5.41) is 0. The van der Waals surface area contributed by atoms with Crippen LogP contribution in [0.5, 0.6) is 5.75 Å². The lowest BCUT2D eigenvalue weighted by atomic mass is 10.1. The highest BCUT2D eigenvalue weighted by Crippen LogP contribution is 2.31. The third kappa shape index (κ3) is 5.64. The molecule has 1 aliphatic rings. The van der Waals surface area contributed by atoms with E-state index in [-0.39, 0.29) is 16.5 Å². The van der Waals surface area contributed by atoms with Crippen molar-refractivity contribution in [1.82, 2.24) is 9.88 Å². The van der Waals surface area contributed by atoms with Gasteiger partial charge >= 0.3 is 0 Å². The van der Waals surface area contributed by atoms with Crippen LogP contribution < -0.4 is 14.4 Å². The van der Waals surface area contributed by atoms with Gasteiger partial charge in [-0.3, -0.25) is 19.5 Å². The lowest BCUT2D eigenvalue weighted by Crippen LogP contribution is -2.48. The fraction of sp³-hybridized carbons (Fsp3) is 0.222. The monoisotopic (exact) mass is 519 g/mol. The predicted octanol–water partition coefficient (Wildman–Crippen LogP) is 4.22. The van der Waals surface area contributed by atoms with Crippen LogP contribution in [0.15, 0.2) is 76.9 Å². The minimum Gasteiger partial charge on any atom is -0.494 e. The summed E-state index contributed by atoms with van der Waals surface area (Å²) >= 11 is 0. The number of ether oxygens (including phenoxy) is 1. The zero-order chi connectivity index (χ0) is 26.4. The molecule has 1 aromatic heterocycles. The van der Waals surface area contributed by atoms with Gasteiger partial charge in [-0.05, 0) is 44.0 Å². The van der Waals surface area contributed by atoms with E-state index in [0.29, 0.717) is 43.0 Å². The van der Waals surface area contributed by atoms with Crippen LogP contribution in [-0.4, -0.2) is 64.2 Å². The first-order valence-corrected chi connectivity index (χ1v) is 13.2. The van der Waals surface area contributed by atoms with Crippen LogP contribution in [0.2, 0.25) is 0 Å². The van der Waals surface area contributed by atoms with E-state index in [9.17, 15) is 13.2 Å². The van der Waals surface area contributed by atoms with Crippen LogP contribution in [0.3, 0.4) is 0 Å². The minimum absolute atomic E-state index is 0.0290. The van der Waals surface area contributed by atoms with Crippen molar-refractivity contribution in [3.63, 3.8) is 0 Å². The van der Waals surface area contributed by atoms with Gasteiger partial charge < -0.3 is 14.5 Å². The summed E-state index contributed by atoms with van der Waals surface area (Å²) in [6.07, 6.45) is 7.03. The van der Waals surface area contributed by atoms with Crippen LogP contribution in [0.25, 0.3) is 6.08 Å². The number of sulfonamides is 1. The number of amides is 1. The Morgan fingerprint density at radius 1 is 1.11 bits per heavy atom. The highest BCUT2D eigenvalue weighted by molar-refractivity contribution is 7.92. The summed E-state index contributed by atoms with van der Waals surface area (Å²) in [6.45, 7) is 7.76. The van der Waals surface area contributed by atoms with E-state index in [4.69, 9.17) is 4.74 Å². The fourth-order valence-electron chi connectivity index (χ4n) is 4.25. The van der Waals surface area contributed by atoms with Crippen LogP contribution in [-0.2, 0) is 10.0 Å². The molecule has 0 spiro atoms. The number of methoxy groups -OCH3 is 1. The van der Waals surface area contributed by atoms with Gasteiger partial charge in [-0.2, -0.15) is 0 Å². The Bertz CT molecular complexity index is 1410. The quantitative estimate of drug-likeness (QED) is 0.447. The number of para-hydroxylation sites is 1. The van der Waals surface area contributed by atoms with Gasteiger partial charge in [-0.15, -0.1) is 0 Å². The topological polar surface area (TPSA) is 104 Å². The molecule has 1 amide bonds. The molecular formula is C27H29N5O4S. The molecule has 1 N–H and O–H groups in total. The van der Waals surface area contributed by atoms with E-state index in [2.05, 4.69) is 26.3 Å². The summed E-state index contributed by atoms with van der Waals surface area (Å²) in [6, 6.07) is 13.1. The molecule has 0 atom stereocenters. The maximum Gasteiger partial charge on any atom is 0.264 e. The molecule has 2 aromatic carbocycles. The van der Waals surface area contributed by atoms with E-state index in [1.54, 1.807) is 73.0 Å². The highest BCUT2D eigenvalue weighted by Gasteiger charge is 2.24. The van der Waals surface area contributed by atoms with Gasteiger partial charge in [0, 0.05) is 55.3 Å². The molecule has 0 radical (unpaired) electrons. The van der Waals surface area contributed by atoms with Crippen molar-refractivity contribution in [3.05, 3.63) is 78.1 Å². The number of hydrogen-bond donors (Lipinski definition) is 1. The molecule has 4 rings (SSSR count). The number of benzene rings is 2. The number of pyridine rings is 1. The number of rotatable bonds is 8.